The highest BCUT2D eigenvalue weighted by atomic mass is 35.5. The molecule has 2 N–H and O–H groups in total. The fraction of sp³-hybridized carbons (Fsp3) is 0.429. The van der Waals surface area contributed by atoms with E-state index >= 15 is 0 Å². The lowest BCUT2D eigenvalue weighted by atomic mass is 10.1. The fourth-order valence-corrected chi connectivity index (χ4v) is 1.62. The summed E-state index contributed by atoms with van der Waals surface area (Å²) in [5, 5.41) is 12.1. The van der Waals surface area contributed by atoms with E-state index in [1.54, 1.807) is 31.2 Å². The molecule has 0 unspecified atom stereocenters. The topological polar surface area (TPSA) is 75.6 Å². The van der Waals surface area contributed by atoms with Crippen molar-refractivity contribution in [2.45, 2.75) is 38.8 Å². The highest BCUT2D eigenvalue weighted by Crippen LogP contribution is 2.11. The number of benzene rings is 1. The lowest BCUT2D eigenvalue weighted by Gasteiger charge is -2.17. The Morgan fingerprint density at radius 2 is 1.95 bits per heavy atom. The van der Waals surface area contributed by atoms with Crippen molar-refractivity contribution in [3.8, 4) is 0 Å². The molecule has 0 heterocycles. The predicted molar refractivity (Wildman–Crippen MR) is 75.9 cm³/mol. The number of nitrogens with one attached hydrogen (secondary N) is 1. The molecule has 0 aliphatic rings. The summed E-state index contributed by atoms with van der Waals surface area (Å²) < 4.78 is 5.00. The maximum absolute atomic E-state index is 11.6. The molecule has 5 nitrogen and oxygen atoms in total. The number of alkyl carbamates (subject to hydrolysis) is 1. The summed E-state index contributed by atoms with van der Waals surface area (Å²) in [4.78, 5) is 22.7. The molecule has 6 heteroatoms. The van der Waals surface area contributed by atoms with Crippen LogP contribution in [-0.4, -0.2) is 29.3 Å². The molecule has 0 saturated carbocycles. The molecule has 0 aliphatic heterocycles. The van der Waals surface area contributed by atoms with Crippen molar-refractivity contribution >= 4 is 23.7 Å². The van der Waals surface area contributed by atoms with Crippen LogP contribution in [0.1, 0.15) is 25.8 Å². The first-order valence-electron chi connectivity index (χ1n) is 6.36. The third-order valence-electron chi connectivity index (χ3n) is 2.83. The zero-order valence-electron chi connectivity index (χ0n) is 11.4. The van der Waals surface area contributed by atoms with Crippen LogP contribution in [0, 0.1) is 0 Å². The van der Waals surface area contributed by atoms with Gasteiger partial charge in [0.05, 0.1) is 0 Å². The molecule has 0 aliphatic carbocycles. The fourth-order valence-electron chi connectivity index (χ4n) is 1.50. The Hall–Kier alpha value is -1.75. The summed E-state index contributed by atoms with van der Waals surface area (Å²) in [5.74, 6) is -1.11. The van der Waals surface area contributed by atoms with Gasteiger partial charge in [-0.1, -0.05) is 30.7 Å². The van der Waals surface area contributed by atoms with Crippen LogP contribution in [0.15, 0.2) is 24.3 Å². The highest BCUT2D eigenvalue weighted by Gasteiger charge is 2.21. The van der Waals surface area contributed by atoms with Gasteiger partial charge in [-0.3, -0.25) is 0 Å². The molecule has 1 amide bonds. The molecule has 1 aromatic rings. The maximum atomic E-state index is 11.6. The number of amides is 1. The van der Waals surface area contributed by atoms with Gasteiger partial charge in [-0.05, 0) is 31.0 Å². The van der Waals surface area contributed by atoms with Gasteiger partial charge in [0.1, 0.15) is 12.1 Å². The van der Waals surface area contributed by atoms with Crippen LogP contribution in [-0.2, 0) is 16.0 Å². The molecule has 20 heavy (non-hydrogen) atoms. The first-order valence-corrected chi connectivity index (χ1v) is 6.74. The molecule has 110 valence electrons. The van der Waals surface area contributed by atoms with E-state index in [9.17, 15) is 9.59 Å². The second-order valence-electron chi connectivity index (χ2n) is 4.49. The van der Waals surface area contributed by atoms with Crippen molar-refractivity contribution in [2.24, 2.45) is 0 Å². The number of carbonyl (C=O) groups excluding carboxylic acids is 1. The zero-order chi connectivity index (χ0) is 15.1. The van der Waals surface area contributed by atoms with Gasteiger partial charge in [0.15, 0.2) is 0 Å². The van der Waals surface area contributed by atoms with Crippen LogP contribution in [0.5, 0.6) is 0 Å². The Labute approximate surface area is 122 Å². The van der Waals surface area contributed by atoms with Crippen molar-refractivity contribution in [3.05, 3.63) is 34.9 Å². The van der Waals surface area contributed by atoms with E-state index in [1.807, 2.05) is 6.92 Å². The van der Waals surface area contributed by atoms with Gasteiger partial charge >= 0.3 is 12.1 Å². The number of carboxylic acid groups (broad SMARTS) is 1. The first-order chi connectivity index (χ1) is 9.42. The minimum atomic E-state index is -1.11. The quantitative estimate of drug-likeness (QED) is 0.847. The van der Waals surface area contributed by atoms with Gasteiger partial charge in [-0.2, -0.15) is 0 Å². The van der Waals surface area contributed by atoms with Gasteiger partial charge in [0, 0.05) is 11.4 Å². The van der Waals surface area contributed by atoms with E-state index < -0.39 is 18.1 Å². The first kappa shape index (κ1) is 16.3. The Morgan fingerprint density at radius 1 is 1.35 bits per heavy atom. The summed E-state index contributed by atoms with van der Waals surface area (Å²) in [6.07, 6.45) is -0.134. The van der Waals surface area contributed by atoms with Gasteiger partial charge in [-0.15, -0.1) is 0 Å². The van der Waals surface area contributed by atoms with Crippen molar-refractivity contribution < 1.29 is 19.4 Å². The van der Waals surface area contributed by atoms with E-state index in [1.165, 1.54) is 0 Å². The summed E-state index contributed by atoms with van der Waals surface area (Å²) in [7, 11) is 0. The van der Waals surface area contributed by atoms with Gasteiger partial charge in [0.25, 0.3) is 0 Å². The Bertz CT molecular complexity index is 461. The molecule has 1 rings (SSSR count). The van der Waals surface area contributed by atoms with E-state index in [4.69, 9.17) is 21.4 Å². The Morgan fingerprint density at radius 3 is 2.45 bits per heavy atom. The number of ether oxygens (including phenoxy) is 1. The normalized spacial score (nSPS) is 13.3. The number of hydrogen-bond acceptors (Lipinski definition) is 3. The standard InChI is InChI=1S/C14H18ClNO4/c1-3-9(2)20-14(19)16-12(13(17)18)8-10-4-6-11(15)7-5-10/h4-7,9,12H,3,8H2,1-2H3,(H,16,19)(H,17,18)/t9-,12-/m0/s1. The third kappa shape index (κ3) is 5.48. The second-order valence-corrected chi connectivity index (χ2v) is 4.93. The van der Waals surface area contributed by atoms with E-state index in [0.29, 0.717) is 11.4 Å². The minimum absolute atomic E-state index is 0.169. The summed E-state index contributed by atoms with van der Waals surface area (Å²) in [5.41, 5.74) is 0.769. The average Bonchev–Trinajstić information content (AvgIpc) is 2.40. The number of carboxylic acids is 1. The molecular weight excluding hydrogens is 282 g/mol. The molecule has 2 atom stereocenters. The van der Waals surface area contributed by atoms with Crippen molar-refractivity contribution in [1.82, 2.24) is 5.32 Å². The second kappa shape index (κ2) is 7.75. The number of aliphatic carboxylic acids is 1. The Kier molecular flexibility index (Phi) is 6.31. The van der Waals surface area contributed by atoms with Crippen LogP contribution < -0.4 is 5.32 Å². The number of hydrogen-bond donors (Lipinski definition) is 2. The monoisotopic (exact) mass is 299 g/mol. The predicted octanol–water partition coefficient (Wildman–Crippen LogP) is 2.86. The van der Waals surface area contributed by atoms with Crippen LogP contribution >= 0.6 is 11.6 Å². The summed E-state index contributed by atoms with van der Waals surface area (Å²) in [6, 6.07) is 5.76. The molecule has 0 radical (unpaired) electrons. The number of halogens is 1. The maximum Gasteiger partial charge on any atom is 0.408 e. The molecule has 0 spiro atoms. The smallest absolute Gasteiger partial charge is 0.408 e. The SMILES string of the molecule is CC[C@H](C)OC(=O)N[C@@H](Cc1ccc(Cl)cc1)C(=O)O. The molecule has 0 saturated heterocycles. The average molecular weight is 300 g/mol. The van der Waals surface area contributed by atoms with Crippen molar-refractivity contribution in [1.29, 1.82) is 0 Å². The summed E-state index contributed by atoms with van der Waals surface area (Å²) in [6.45, 7) is 3.62. The van der Waals surface area contributed by atoms with E-state index in [2.05, 4.69) is 5.32 Å². The minimum Gasteiger partial charge on any atom is -0.480 e. The highest BCUT2D eigenvalue weighted by molar-refractivity contribution is 6.30. The molecule has 0 fully saturated rings. The molecule has 0 bridgehead atoms. The van der Waals surface area contributed by atoms with Gasteiger partial charge in [-0.25, -0.2) is 9.59 Å². The van der Waals surface area contributed by atoms with Crippen molar-refractivity contribution in [2.75, 3.05) is 0 Å². The van der Waals surface area contributed by atoms with E-state index in [-0.39, 0.29) is 12.5 Å². The van der Waals surface area contributed by atoms with Crippen LogP contribution in [0.25, 0.3) is 0 Å². The molecular formula is C14H18ClNO4. The van der Waals surface area contributed by atoms with Crippen LogP contribution in [0.4, 0.5) is 4.79 Å². The number of carbonyl (C=O) groups is 2. The zero-order valence-corrected chi connectivity index (χ0v) is 12.2. The Balaban J connectivity index is 2.63. The lowest BCUT2D eigenvalue weighted by Crippen LogP contribution is -2.43. The van der Waals surface area contributed by atoms with Crippen LogP contribution in [0.2, 0.25) is 5.02 Å². The number of rotatable bonds is 6. The van der Waals surface area contributed by atoms with Gasteiger partial charge < -0.3 is 15.2 Å². The van der Waals surface area contributed by atoms with Crippen LogP contribution in [0.3, 0.4) is 0 Å². The van der Waals surface area contributed by atoms with E-state index in [0.717, 1.165) is 5.56 Å². The molecule has 0 aromatic heterocycles. The molecule has 1 aromatic carbocycles. The third-order valence-corrected chi connectivity index (χ3v) is 3.08. The van der Waals surface area contributed by atoms with Crippen molar-refractivity contribution in [3.63, 3.8) is 0 Å². The summed E-state index contributed by atoms with van der Waals surface area (Å²) >= 11 is 5.76. The lowest BCUT2D eigenvalue weighted by molar-refractivity contribution is -0.139. The van der Waals surface area contributed by atoms with Gasteiger partial charge in [0.2, 0.25) is 0 Å². The largest absolute Gasteiger partial charge is 0.480 e.